The van der Waals surface area contributed by atoms with E-state index in [-0.39, 0.29) is 6.04 Å². The minimum Gasteiger partial charge on any atom is -0.377 e. The molecule has 2 rings (SSSR count). The summed E-state index contributed by atoms with van der Waals surface area (Å²) in [6, 6.07) is 5.17. The van der Waals surface area contributed by atoms with E-state index in [1.54, 1.807) is 23.5 Å². The molecule has 1 N–H and O–H groups in total. The highest BCUT2D eigenvalue weighted by molar-refractivity contribution is 7.90. The van der Waals surface area contributed by atoms with Crippen LogP contribution in [0.1, 0.15) is 29.2 Å². The lowest BCUT2D eigenvalue weighted by Gasteiger charge is -2.16. The van der Waals surface area contributed by atoms with E-state index in [9.17, 15) is 8.42 Å². The summed E-state index contributed by atoms with van der Waals surface area (Å²) in [5.41, 5.74) is 2.80. The van der Waals surface area contributed by atoms with E-state index in [1.165, 1.54) is 6.26 Å². The van der Waals surface area contributed by atoms with Crippen molar-refractivity contribution in [1.29, 1.82) is 0 Å². The Kier molecular flexibility index (Phi) is 4.15. The van der Waals surface area contributed by atoms with Gasteiger partial charge in [-0.15, -0.1) is 11.3 Å². The first kappa shape index (κ1) is 15.0. The van der Waals surface area contributed by atoms with E-state index in [0.717, 1.165) is 22.0 Å². The van der Waals surface area contributed by atoms with Crippen molar-refractivity contribution in [2.24, 2.45) is 0 Å². The number of rotatable bonds is 4. The molecular weight excluding hydrogens is 292 g/mol. The summed E-state index contributed by atoms with van der Waals surface area (Å²) in [5.74, 6) is 0. The summed E-state index contributed by atoms with van der Waals surface area (Å²) in [7, 11) is -3.19. The minimum atomic E-state index is -3.19. The Hall–Kier alpha value is -1.40. The zero-order chi connectivity index (χ0) is 14.9. The van der Waals surface area contributed by atoms with Gasteiger partial charge in [-0.25, -0.2) is 13.4 Å². The molecule has 108 valence electrons. The molecule has 0 bridgehead atoms. The van der Waals surface area contributed by atoms with Gasteiger partial charge in [0.1, 0.15) is 0 Å². The first-order valence-electron chi connectivity index (χ1n) is 6.26. The second-order valence-corrected chi connectivity index (χ2v) is 7.98. The van der Waals surface area contributed by atoms with Crippen LogP contribution >= 0.6 is 11.3 Å². The van der Waals surface area contributed by atoms with E-state index in [0.29, 0.717) is 4.90 Å². The number of aryl methyl sites for hydroxylation is 2. The van der Waals surface area contributed by atoms with Crippen LogP contribution in [-0.2, 0) is 9.84 Å². The van der Waals surface area contributed by atoms with Crippen molar-refractivity contribution in [3.8, 4) is 0 Å². The summed E-state index contributed by atoms with van der Waals surface area (Å²) in [5, 5.41) is 6.37. The van der Waals surface area contributed by atoms with Crippen molar-refractivity contribution in [3.05, 3.63) is 39.8 Å². The van der Waals surface area contributed by atoms with Crippen LogP contribution in [0.3, 0.4) is 0 Å². The van der Waals surface area contributed by atoms with Crippen LogP contribution < -0.4 is 5.32 Å². The number of hydrogen-bond acceptors (Lipinski definition) is 5. The van der Waals surface area contributed by atoms with Crippen molar-refractivity contribution < 1.29 is 8.42 Å². The number of anilines is 1. The molecule has 1 aromatic heterocycles. The number of hydrogen-bond donors (Lipinski definition) is 1. The first-order chi connectivity index (χ1) is 9.27. The van der Waals surface area contributed by atoms with Gasteiger partial charge in [-0.05, 0) is 38.5 Å². The zero-order valence-corrected chi connectivity index (χ0v) is 13.6. The number of nitrogens with one attached hydrogen (secondary N) is 1. The Bertz CT molecular complexity index is 721. The maximum absolute atomic E-state index is 11.6. The molecule has 0 saturated heterocycles. The lowest BCUT2D eigenvalue weighted by Crippen LogP contribution is -2.09. The van der Waals surface area contributed by atoms with E-state index < -0.39 is 9.84 Å². The number of sulfone groups is 1. The molecule has 1 aromatic carbocycles. The molecular formula is C14H18N2O2S2. The van der Waals surface area contributed by atoms with E-state index in [2.05, 4.69) is 10.3 Å². The first-order valence-corrected chi connectivity index (χ1v) is 9.04. The summed E-state index contributed by atoms with van der Waals surface area (Å²) in [4.78, 5) is 4.77. The predicted molar refractivity (Wildman–Crippen MR) is 83.2 cm³/mol. The van der Waals surface area contributed by atoms with Crippen molar-refractivity contribution in [1.82, 2.24) is 4.98 Å². The second kappa shape index (κ2) is 5.54. The molecule has 6 heteroatoms. The average Bonchev–Trinajstić information content (AvgIpc) is 2.77. The maximum Gasteiger partial charge on any atom is 0.175 e. The van der Waals surface area contributed by atoms with Gasteiger partial charge in [0.15, 0.2) is 9.84 Å². The van der Waals surface area contributed by atoms with E-state index in [4.69, 9.17) is 0 Å². The molecule has 2 aromatic rings. The van der Waals surface area contributed by atoms with Crippen molar-refractivity contribution in [2.75, 3.05) is 11.6 Å². The highest BCUT2D eigenvalue weighted by atomic mass is 32.2. The number of nitrogens with zero attached hydrogens (tertiary/aromatic N) is 1. The van der Waals surface area contributed by atoms with Crippen molar-refractivity contribution in [3.63, 3.8) is 0 Å². The molecule has 0 aliphatic rings. The molecule has 1 heterocycles. The van der Waals surface area contributed by atoms with E-state index >= 15 is 0 Å². The topological polar surface area (TPSA) is 59.1 Å². The summed E-state index contributed by atoms with van der Waals surface area (Å²) in [6.07, 6.45) is 1.22. The van der Waals surface area contributed by atoms with Gasteiger partial charge in [-0.1, -0.05) is 6.07 Å². The Morgan fingerprint density at radius 3 is 2.55 bits per heavy atom. The van der Waals surface area contributed by atoms with Crippen LogP contribution in [0.25, 0.3) is 0 Å². The largest absolute Gasteiger partial charge is 0.377 e. The van der Waals surface area contributed by atoms with E-state index in [1.807, 2.05) is 32.2 Å². The van der Waals surface area contributed by atoms with Crippen LogP contribution in [0.4, 0.5) is 5.69 Å². The lowest BCUT2D eigenvalue weighted by atomic mass is 10.1. The molecule has 0 amide bonds. The fraction of sp³-hybridized carbons (Fsp3) is 0.357. The minimum absolute atomic E-state index is 0.0356. The standard InChI is InChI=1S/C14H18N2O2S2/c1-9-5-6-12(20(4,17)18)7-13(9)15-10(2)14-8-19-11(3)16-14/h5-8,10,15H,1-4H3. The summed E-state index contributed by atoms with van der Waals surface area (Å²) in [6.45, 7) is 5.94. The molecule has 1 atom stereocenters. The molecule has 0 radical (unpaired) electrons. The highest BCUT2D eigenvalue weighted by Gasteiger charge is 2.13. The van der Waals surface area contributed by atoms with Crippen LogP contribution in [0.15, 0.2) is 28.5 Å². The quantitative estimate of drug-likeness (QED) is 0.941. The lowest BCUT2D eigenvalue weighted by molar-refractivity contribution is 0.602. The SMILES string of the molecule is Cc1nc(C(C)Nc2cc(S(C)(=O)=O)ccc2C)cs1. The molecule has 4 nitrogen and oxygen atoms in total. The number of thiazole rings is 1. The van der Waals surface area contributed by atoms with Gasteiger partial charge in [0.2, 0.25) is 0 Å². The van der Waals surface area contributed by atoms with Gasteiger partial charge < -0.3 is 5.32 Å². The molecule has 0 spiro atoms. The molecule has 0 saturated carbocycles. The van der Waals surface area contributed by atoms with Crippen LogP contribution in [-0.4, -0.2) is 19.7 Å². The third kappa shape index (κ3) is 3.37. The number of benzene rings is 1. The van der Waals surface area contributed by atoms with Gasteiger partial charge in [0, 0.05) is 17.3 Å². The number of aromatic nitrogens is 1. The fourth-order valence-electron chi connectivity index (χ4n) is 1.87. The Morgan fingerprint density at radius 1 is 1.30 bits per heavy atom. The molecule has 1 unspecified atom stereocenters. The zero-order valence-electron chi connectivity index (χ0n) is 12.0. The third-order valence-corrected chi connectivity index (χ3v) is 4.99. The van der Waals surface area contributed by atoms with Crippen LogP contribution in [0.2, 0.25) is 0 Å². The normalized spacial score (nSPS) is 13.2. The van der Waals surface area contributed by atoms with Crippen LogP contribution in [0.5, 0.6) is 0 Å². The maximum atomic E-state index is 11.6. The van der Waals surface area contributed by atoms with Crippen molar-refractivity contribution >= 4 is 26.9 Å². The highest BCUT2D eigenvalue weighted by Crippen LogP contribution is 2.25. The molecule has 0 aliphatic heterocycles. The van der Waals surface area contributed by atoms with Gasteiger partial charge in [-0.2, -0.15) is 0 Å². The molecule has 20 heavy (non-hydrogen) atoms. The predicted octanol–water partition coefficient (Wildman–Crippen LogP) is 3.34. The van der Waals surface area contributed by atoms with Gasteiger partial charge in [0.05, 0.1) is 21.6 Å². The van der Waals surface area contributed by atoms with Crippen molar-refractivity contribution in [2.45, 2.75) is 31.7 Å². The Morgan fingerprint density at radius 2 is 2.00 bits per heavy atom. The average molecular weight is 310 g/mol. The fourth-order valence-corrected chi connectivity index (χ4v) is 3.23. The molecule has 0 aliphatic carbocycles. The summed E-state index contributed by atoms with van der Waals surface area (Å²) >= 11 is 1.61. The van der Waals surface area contributed by atoms with Gasteiger partial charge in [-0.3, -0.25) is 0 Å². The monoisotopic (exact) mass is 310 g/mol. The van der Waals surface area contributed by atoms with Crippen LogP contribution in [0, 0.1) is 13.8 Å². The smallest absolute Gasteiger partial charge is 0.175 e. The summed E-state index contributed by atoms with van der Waals surface area (Å²) < 4.78 is 23.2. The van der Waals surface area contributed by atoms with Gasteiger partial charge >= 0.3 is 0 Å². The van der Waals surface area contributed by atoms with Gasteiger partial charge in [0.25, 0.3) is 0 Å². The molecule has 0 fully saturated rings. The third-order valence-electron chi connectivity index (χ3n) is 3.09. The second-order valence-electron chi connectivity index (χ2n) is 4.91. The Labute approximate surface area is 123 Å². The Balaban J connectivity index is 2.29.